The standard InChI is InChI=1S/C25H26N2O2/c1-18-12-13-26-21(15-18)17-29-22-10-11-23(19(2)28)25(16-22)27-14-6-5-8-20-7-3-4-9-24(20)27/h3-4,7,9-13,15-16H,5-6,8,14,17H2,1-2H3. The Morgan fingerprint density at radius 2 is 1.93 bits per heavy atom. The molecule has 1 aromatic heterocycles. The highest BCUT2D eigenvalue weighted by Crippen LogP contribution is 2.36. The van der Waals surface area contributed by atoms with Gasteiger partial charge in [0, 0.05) is 30.1 Å². The number of hydrogen-bond acceptors (Lipinski definition) is 4. The van der Waals surface area contributed by atoms with Crippen molar-refractivity contribution in [3.05, 3.63) is 83.2 Å². The summed E-state index contributed by atoms with van der Waals surface area (Å²) in [5, 5.41) is 0. The first kappa shape index (κ1) is 19.2. The predicted molar refractivity (Wildman–Crippen MR) is 116 cm³/mol. The minimum Gasteiger partial charge on any atom is -0.487 e. The normalized spacial score (nSPS) is 13.5. The van der Waals surface area contributed by atoms with Gasteiger partial charge in [0.1, 0.15) is 12.4 Å². The number of fused-ring (bicyclic) bond motifs is 1. The number of nitrogens with zero attached hydrogens (tertiary/aromatic N) is 2. The van der Waals surface area contributed by atoms with Crippen LogP contribution in [0.3, 0.4) is 0 Å². The van der Waals surface area contributed by atoms with Crippen molar-refractivity contribution in [2.75, 3.05) is 11.4 Å². The molecule has 0 spiro atoms. The second-order valence-corrected chi connectivity index (χ2v) is 7.59. The topological polar surface area (TPSA) is 42.4 Å². The number of rotatable bonds is 5. The molecule has 3 aromatic rings. The van der Waals surface area contributed by atoms with E-state index in [1.54, 1.807) is 13.1 Å². The molecule has 4 nitrogen and oxygen atoms in total. The Bertz CT molecular complexity index is 1030. The lowest BCUT2D eigenvalue weighted by Gasteiger charge is -2.27. The van der Waals surface area contributed by atoms with E-state index in [4.69, 9.17) is 4.74 Å². The van der Waals surface area contributed by atoms with Crippen molar-refractivity contribution >= 4 is 17.2 Å². The quantitative estimate of drug-likeness (QED) is 0.532. The summed E-state index contributed by atoms with van der Waals surface area (Å²) in [6.45, 7) is 4.96. The van der Waals surface area contributed by atoms with Crippen LogP contribution in [-0.2, 0) is 13.0 Å². The fourth-order valence-corrected chi connectivity index (χ4v) is 3.90. The van der Waals surface area contributed by atoms with Gasteiger partial charge < -0.3 is 9.64 Å². The second kappa shape index (κ2) is 8.48. The number of hydrogen-bond donors (Lipinski definition) is 0. The highest BCUT2D eigenvalue weighted by molar-refractivity contribution is 6.01. The first-order valence-electron chi connectivity index (χ1n) is 10.2. The smallest absolute Gasteiger partial charge is 0.161 e. The van der Waals surface area contributed by atoms with Crippen LogP contribution in [0.2, 0.25) is 0 Å². The number of carbonyl (C=O) groups excluding carboxylic acids is 1. The van der Waals surface area contributed by atoms with Crippen molar-refractivity contribution in [3.8, 4) is 5.75 Å². The Labute approximate surface area is 172 Å². The second-order valence-electron chi connectivity index (χ2n) is 7.59. The zero-order valence-electron chi connectivity index (χ0n) is 17.0. The summed E-state index contributed by atoms with van der Waals surface area (Å²) in [4.78, 5) is 19.0. The Kier molecular flexibility index (Phi) is 5.61. The highest BCUT2D eigenvalue weighted by atomic mass is 16.5. The summed E-state index contributed by atoms with van der Waals surface area (Å²) < 4.78 is 6.03. The molecule has 0 fully saturated rings. The van der Waals surface area contributed by atoms with Gasteiger partial charge in [-0.05, 0) is 74.6 Å². The zero-order valence-corrected chi connectivity index (χ0v) is 17.0. The van der Waals surface area contributed by atoms with Gasteiger partial charge in [0.15, 0.2) is 5.78 Å². The summed E-state index contributed by atoms with van der Waals surface area (Å²) in [6, 6.07) is 18.2. The maximum absolute atomic E-state index is 12.4. The molecule has 4 heteroatoms. The fraction of sp³-hybridized carbons (Fsp3) is 0.280. The molecule has 0 bridgehead atoms. The number of anilines is 2. The monoisotopic (exact) mass is 386 g/mol. The molecule has 0 N–H and O–H groups in total. The Balaban J connectivity index is 1.68. The third kappa shape index (κ3) is 4.32. The largest absolute Gasteiger partial charge is 0.487 e. The predicted octanol–water partition coefficient (Wildman–Crippen LogP) is 5.65. The van der Waals surface area contributed by atoms with Crippen LogP contribution in [0.15, 0.2) is 60.8 Å². The van der Waals surface area contributed by atoms with Gasteiger partial charge in [-0.15, -0.1) is 0 Å². The van der Waals surface area contributed by atoms with E-state index in [1.807, 2.05) is 37.3 Å². The molecule has 0 saturated heterocycles. The van der Waals surface area contributed by atoms with E-state index in [2.05, 4.69) is 34.1 Å². The van der Waals surface area contributed by atoms with Crippen molar-refractivity contribution < 1.29 is 9.53 Å². The van der Waals surface area contributed by atoms with Crippen LogP contribution in [0.1, 0.15) is 46.9 Å². The number of aromatic nitrogens is 1. The molecule has 148 valence electrons. The van der Waals surface area contributed by atoms with E-state index in [9.17, 15) is 4.79 Å². The SMILES string of the molecule is CC(=O)c1ccc(OCc2cc(C)ccn2)cc1N1CCCCc2ccccc21. The van der Waals surface area contributed by atoms with Gasteiger partial charge in [-0.3, -0.25) is 9.78 Å². The molecule has 2 heterocycles. The molecule has 2 aromatic carbocycles. The van der Waals surface area contributed by atoms with Gasteiger partial charge in [-0.2, -0.15) is 0 Å². The number of benzene rings is 2. The molecule has 1 aliphatic rings. The summed E-state index contributed by atoms with van der Waals surface area (Å²) in [5.41, 5.74) is 6.21. The van der Waals surface area contributed by atoms with E-state index < -0.39 is 0 Å². The molecule has 0 aliphatic carbocycles. The van der Waals surface area contributed by atoms with E-state index in [1.165, 1.54) is 11.3 Å². The molecule has 0 atom stereocenters. The molecular weight excluding hydrogens is 360 g/mol. The van der Waals surface area contributed by atoms with Crippen LogP contribution in [0.25, 0.3) is 0 Å². The molecule has 0 saturated carbocycles. The Hall–Kier alpha value is -3.14. The van der Waals surface area contributed by atoms with E-state index in [-0.39, 0.29) is 5.78 Å². The van der Waals surface area contributed by atoms with Gasteiger partial charge >= 0.3 is 0 Å². The van der Waals surface area contributed by atoms with Crippen LogP contribution in [0, 0.1) is 6.92 Å². The Morgan fingerprint density at radius 1 is 1.07 bits per heavy atom. The van der Waals surface area contributed by atoms with Crippen molar-refractivity contribution in [2.45, 2.75) is 39.7 Å². The van der Waals surface area contributed by atoms with Gasteiger partial charge in [0.25, 0.3) is 0 Å². The van der Waals surface area contributed by atoms with E-state index >= 15 is 0 Å². The lowest BCUT2D eigenvalue weighted by molar-refractivity contribution is 0.101. The van der Waals surface area contributed by atoms with Gasteiger partial charge in [0.05, 0.1) is 11.4 Å². The van der Waals surface area contributed by atoms with Gasteiger partial charge in [-0.25, -0.2) is 0 Å². The number of Topliss-reactive ketones (excluding diaryl/α,β-unsaturated/α-hetero) is 1. The molecule has 1 aliphatic heterocycles. The number of pyridine rings is 1. The first-order chi connectivity index (χ1) is 14.1. The van der Waals surface area contributed by atoms with Crippen LogP contribution < -0.4 is 9.64 Å². The summed E-state index contributed by atoms with van der Waals surface area (Å²) in [5.74, 6) is 0.809. The molecular formula is C25H26N2O2. The molecule has 0 radical (unpaired) electrons. The minimum absolute atomic E-state index is 0.0635. The molecule has 29 heavy (non-hydrogen) atoms. The minimum atomic E-state index is 0.0635. The highest BCUT2D eigenvalue weighted by Gasteiger charge is 2.21. The van der Waals surface area contributed by atoms with E-state index in [0.717, 1.165) is 54.1 Å². The molecule has 4 rings (SSSR count). The average Bonchev–Trinajstić information content (AvgIpc) is 2.94. The molecule has 0 unspecified atom stereocenters. The summed E-state index contributed by atoms with van der Waals surface area (Å²) >= 11 is 0. The lowest BCUT2D eigenvalue weighted by atomic mass is 10.1. The summed E-state index contributed by atoms with van der Waals surface area (Å²) in [7, 11) is 0. The van der Waals surface area contributed by atoms with Crippen molar-refractivity contribution in [1.82, 2.24) is 4.98 Å². The Morgan fingerprint density at radius 3 is 2.76 bits per heavy atom. The van der Waals surface area contributed by atoms with Crippen LogP contribution >= 0.6 is 0 Å². The van der Waals surface area contributed by atoms with Crippen molar-refractivity contribution in [3.63, 3.8) is 0 Å². The van der Waals surface area contributed by atoms with Crippen LogP contribution in [-0.4, -0.2) is 17.3 Å². The number of ketones is 1. The van der Waals surface area contributed by atoms with Gasteiger partial charge in [-0.1, -0.05) is 18.2 Å². The maximum Gasteiger partial charge on any atom is 0.161 e. The van der Waals surface area contributed by atoms with Gasteiger partial charge in [0.2, 0.25) is 0 Å². The summed E-state index contributed by atoms with van der Waals surface area (Å²) in [6.07, 6.45) is 5.10. The average molecular weight is 386 g/mol. The number of ether oxygens (including phenoxy) is 1. The fourth-order valence-electron chi connectivity index (χ4n) is 3.90. The zero-order chi connectivity index (χ0) is 20.2. The third-order valence-electron chi connectivity index (χ3n) is 5.36. The maximum atomic E-state index is 12.4. The third-order valence-corrected chi connectivity index (χ3v) is 5.36. The number of para-hydroxylation sites is 1. The van der Waals surface area contributed by atoms with Crippen LogP contribution in [0.5, 0.6) is 5.75 Å². The number of carbonyl (C=O) groups is 1. The van der Waals surface area contributed by atoms with Crippen LogP contribution in [0.4, 0.5) is 11.4 Å². The lowest BCUT2D eigenvalue weighted by Crippen LogP contribution is -2.20. The number of aryl methyl sites for hydroxylation is 2. The van der Waals surface area contributed by atoms with Crippen molar-refractivity contribution in [2.24, 2.45) is 0 Å². The van der Waals surface area contributed by atoms with Crippen molar-refractivity contribution in [1.29, 1.82) is 0 Å². The molecule has 0 amide bonds. The first-order valence-corrected chi connectivity index (χ1v) is 10.2. The van der Waals surface area contributed by atoms with E-state index in [0.29, 0.717) is 6.61 Å².